The molecule has 0 aliphatic rings. The third kappa shape index (κ3) is 4.09. The Kier molecular flexibility index (Phi) is 6.74. The van der Waals surface area contributed by atoms with Gasteiger partial charge in [0, 0.05) is 41.5 Å². The monoisotopic (exact) mass is 393 g/mol. The zero-order valence-corrected chi connectivity index (χ0v) is 18.8. The molecule has 4 heteroatoms. The maximum absolute atomic E-state index is 9.94. The SMILES string of the molecule is CCC[C@H](CO)c1cn(C)c2nc(-c3ccc(C(C)C)nc3CC)c(CC)cc12. The Bertz CT molecular complexity index is 987. The fourth-order valence-corrected chi connectivity index (χ4v) is 4.21. The number of hydrogen-bond acceptors (Lipinski definition) is 3. The van der Waals surface area contributed by atoms with Crippen LogP contribution in [0, 0.1) is 0 Å². The molecule has 0 aliphatic carbocycles. The second-order valence-electron chi connectivity index (χ2n) is 8.32. The number of rotatable bonds is 8. The van der Waals surface area contributed by atoms with Crippen LogP contribution in [0.2, 0.25) is 0 Å². The van der Waals surface area contributed by atoms with E-state index in [0.717, 1.165) is 54.0 Å². The first kappa shape index (κ1) is 21.5. The molecule has 1 atom stereocenters. The van der Waals surface area contributed by atoms with Crippen molar-refractivity contribution in [2.24, 2.45) is 7.05 Å². The average molecular weight is 394 g/mol. The van der Waals surface area contributed by atoms with Gasteiger partial charge in [0.15, 0.2) is 0 Å². The largest absolute Gasteiger partial charge is 0.396 e. The van der Waals surface area contributed by atoms with Crippen molar-refractivity contribution in [2.45, 2.75) is 72.1 Å². The minimum Gasteiger partial charge on any atom is -0.396 e. The van der Waals surface area contributed by atoms with Crippen LogP contribution in [0.3, 0.4) is 0 Å². The number of nitrogens with zero attached hydrogens (tertiary/aromatic N) is 3. The van der Waals surface area contributed by atoms with E-state index < -0.39 is 0 Å². The number of fused-ring (bicyclic) bond motifs is 1. The lowest BCUT2D eigenvalue weighted by Crippen LogP contribution is -2.04. The molecule has 0 saturated heterocycles. The minimum atomic E-state index is 0.166. The quantitative estimate of drug-likeness (QED) is 0.529. The zero-order valence-electron chi connectivity index (χ0n) is 18.8. The molecule has 0 radical (unpaired) electrons. The molecule has 29 heavy (non-hydrogen) atoms. The first-order valence-electron chi connectivity index (χ1n) is 11.0. The summed E-state index contributed by atoms with van der Waals surface area (Å²) in [4.78, 5) is 10.1. The Balaban J connectivity index is 2.21. The van der Waals surface area contributed by atoms with Crippen molar-refractivity contribution >= 4 is 11.0 Å². The van der Waals surface area contributed by atoms with Crippen LogP contribution in [-0.2, 0) is 19.9 Å². The van der Waals surface area contributed by atoms with Crippen molar-refractivity contribution in [2.75, 3.05) is 6.61 Å². The van der Waals surface area contributed by atoms with Gasteiger partial charge in [0.25, 0.3) is 0 Å². The van der Waals surface area contributed by atoms with Gasteiger partial charge in [0.1, 0.15) is 5.65 Å². The Morgan fingerprint density at radius 2 is 1.83 bits per heavy atom. The molecule has 0 unspecified atom stereocenters. The molecule has 0 amide bonds. The van der Waals surface area contributed by atoms with Crippen molar-refractivity contribution in [3.05, 3.63) is 46.9 Å². The summed E-state index contributed by atoms with van der Waals surface area (Å²) in [5, 5.41) is 11.1. The third-order valence-electron chi connectivity index (χ3n) is 5.91. The van der Waals surface area contributed by atoms with Gasteiger partial charge in [-0.05, 0) is 54.5 Å². The Morgan fingerprint density at radius 1 is 1.07 bits per heavy atom. The van der Waals surface area contributed by atoms with E-state index in [1.165, 1.54) is 16.5 Å². The van der Waals surface area contributed by atoms with E-state index in [1.54, 1.807) is 0 Å². The zero-order chi connectivity index (χ0) is 21.1. The number of pyridine rings is 2. The molecule has 3 aromatic rings. The fraction of sp³-hybridized carbons (Fsp3) is 0.520. The van der Waals surface area contributed by atoms with E-state index in [2.05, 4.69) is 70.6 Å². The maximum atomic E-state index is 9.94. The molecule has 0 aliphatic heterocycles. The molecule has 3 rings (SSSR count). The lowest BCUT2D eigenvalue weighted by molar-refractivity contribution is 0.259. The van der Waals surface area contributed by atoms with Crippen LogP contribution in [0.1, 0.15) is 81.8 Å². The predicted molar refractivity (Wildman–Crippen MR) is 122 cm³/mol. The van der Waals surface area contributed by atoms with E-state index >= 15 is 0 Å². The van der Waals surface area contributed by atoms with Crippen LogP contribution in [0.4, 0.5) is 0 Å². The molecule has 3 aromatic heterocycles. The first-order chi connectivity index (χ1) is 13.9. The highest BCUT2D eigenvalue weighted by atomic mass is 16.3. The van der Waals surface area contributed by atoms with Crippen molar-refractivity contribution in [3.63, 3.8) is 0 Å². The Hall–Kier alpha value is -2.20. The Labute approximate surface area is 175 Å². The van der Waals surface area contributed by atoms with Gasteiger partial charge in [0.05, 0.1) is 12.3 Å². The summed E-state index contributed by atoms with van der Waals surface area (Å²) in [5.74, 6) is 0.582. The van der Waals surface area contributed by atoms with Gasteiger partial charge in [-0.2, -0.15) is 0 Å². The topological polar surface area (TPSA) is 50.9 Å². The molecule has 1 N–H and O–H groups in total. The van der Waals surface area contributed by atoms with E-state index in [0.29, 0.717) is 5.92 Å². The molecule has 0 bridgehead atoms. The maximum Gasteiger partial charge on any atom is 0.140 e. The normalized spacial score (nSPS) is 12.8. The summed E-state index contributed by atoms with van der Waals surface area (Å²) in [6.45, 7) is 11.1. The van der Waals surface area contributed by atoms with Gasteiger partial charge in [-0.25, -0.2) is 4.98 Å². The van der Waals surface area contributed by atoms with Crippen LogP contribution >= 0.6 is 0 Å². The first-order valence-corrected chi connectivity index (χ1v) is 11.0. The van der Waals surface area contributed by atoms with Crippen molar-refractivity contribution in [1.29, 1.82) is 0 Å². The van der Waals surface area contributed by atoms with Gasteiger partial charge in [0.2, 0.25) is 0 Å². The molecular formula is C25H35N3O. The van der Waals surface area contributed by atoms with Gasteiger partial charge >= 0.3 is 0 Å². The summed E-state index contributed by atoms with van der Waals surface area (Å²) in [7, 11) is 2.05. The number of aliphatic hydroxyl groups is 1. The summed E-state index contributed by atoms with van der Waals surface area (Å²) in [5.41, 5.74) is 7.88. The van der Waals surface area contributed by atoms with Gasteiger partial charge in [-0.15, -0.1) is 0 Å². The average Bonchev–Trinajstić information content (AvgIpc) is 3.05. The lowest BCUT2D eigenvalue weighted by atomic mass is 9.93. The second kappa shape index (κ2) is 9.08. The van der Waals surface area contributed by atoms with Crippen LogP contribution in [-0.4, -0.2) is 26.2 Å². The number of aliphatic hydroxyl groups excluding tert-OH is 1. The third-order valence-corrected chi connectivity index (χ3v) is 5.91. The van der Waals surface area contributed by atoms with Gasteiger partial charge in [-0.3, -0.25) is 4.98 Å². The van der Waals surface area contributed by atoms with Crippen molar-refractivity contribution < 1.29 is 5.11 Å². The minimum absolute atomic E-state index is 0.166. The Morgan fingerprint density at radius 3 is 2.41 bits per heavy atom. The van der Waals surface area contributed by atoms with Crippen molar-refractivity contribution in [3.8, 4) is 11.3 Å². The van der Waals surface area contributed by atoms with Crippen molar-refractivity contribution in [1.82, 2.24) is 14.5 Å². The van der Waals surface area contributed by atoms with Crippen LogP contribution in [0.15, 0.2) is 24.4 Å². The molecule has 3 heterocycles. The molecule has 0 aromatic carbocycles. The van der Waals surface area contributed by atoms with Crippen LogP contribution < -0.4 is 0 Å². The van der Waals surface area contributed by atoms with Crippen LogP contribution in [0.5, 0.6) is 0 Å². The highest BCUT2D eigenvalue weighted by molar-refractivity contribution is 5.85. The second-order valence-corrected chi connectivity index (χ2v) is 8.32. The number of aryl methyl sites for hydroxylation is 3. The lowest BCUT2D eigenvalue weighted by Gasteiger charge is -2.15. The summed E-state index contributed by atoms with van der Waals surface area (Å²) < 4.78 is 2.10. The fourth-order valence-electron chi connectivity index (χ4n) is 4.21. The number of hydrogen-bond donors (Lipinski definition) is 1. The predicted octanol–water partition coefficient (Wildman–Crippen LogP) is 5.76. The highest BCUT2D eigenvalue weighted by Crippen LogP contribution is 2.34. The summed E-state index contributed by atoms with van der Waals surface area (Å²) in [6, 6.07) is 6.64. The number of aromatic nitrogens is 3. The molecule has 0 fully saturated rings. The van der Waals surface area contributed by atoms with Gasteiger partial charge < -0.3 is 9.67 Å². The summed E-state index contributed by atoms with van der Waals surface area (Å²) >= 11 is 0. The highest BCUT2D eigenvalue weighted by Gasteiger charge is 2.20. The van der Waals surface area contributed by atoms with E-state index in [-0.39, 0.29) is 12.5 Å². The molecule has 0 saturated carbocycles. The van der Waals surface area contributed by atoms with E-state index in [9.17, 15) is 5.11 Å². The van der Waals surface area contributed by atoms with Crippen LogP contribution in [0.25, 0.3) is 22.3 Å². The summed E-state index contributed by atoms with van der Waals surface area (Å²) in [6.07, 6.45) is 6.00. The van der Waals surface area contributed by atoms with E-state index in [4.69, 9.17) is 9.97 Å². The molecule has 4 nitrogen and oxygen atoms in total. The van der Waals surface area contributed by atoms with E-state index in [1.807, 2.05) is 0 Å². The van der Waals surface area contributed by atoms with Gasteiger partial charge in [-0.1, -0.05) is 41.0 Å². The molecule has 0 spiro atoms. The standard InChI is InChI=1S/C25H35N3O/c1-7-10-18(15-29)21-14-28(6)25-20(21)13-17(8-2)24(27-25)19-11-12-23(16(4)5)26-22(19)9-3/h11-14,16,18,29H,7-10,15H2,1-6H3/t18-/m1/s1. The molecule has 156 valence electrons. The smallest absolute Gasteiger partial charge is 0.140 e. The molecular weight excluding hydrogens is 358 g/mol.